The second kappa shape index (κ2) is 12.1. The van der Waals surface area contributed by atoms with Gasteiger partial charge in [0.15, 0.2) is 0 Å². The van der Waals surface area contributed by atoms with E-state index < -0.39 is 0 Å². The Balaban J connectivity index is 0.000000188. The van der Waals surface area contributed by atoms with Gasteiger partial charge in [-0.1, -0.05) is 95.9 Å². The van der Waals surface area contributed by atoms with Crippen LogP contribution in [-0.2, 0) is 4.79 Å². The summed E-state index contributed by atoms with van der Waals surface area (Å²) in [5, 5.41) is 0. The van der Waals surface area contributed by atoms with Crippen molar-refractivity contribution in [3.05, 3.63) is 35.5 Å². The maximum Gasteiger partial charge on any atom is 0.217 e. The minimum atomic E-state index is -0.161. The minimum absolute atomic E-state index is 0.161. The molecule has 0 aliphatic heterocycles. The van der Waals surface area contributed by atoms with Crippen LogP contribution in [0, 0.1) is 23.2 Å². The largest absolute Gasteiger partial charge is 0.370 e. The summed E-state index contributed by atoms with van der Waals surface area (Å²) in [5.74, 6) is 2.78. The Morgan fingerprint density at radius 1 is 1.03 bits per heavy atom. The van der Waals surface area contributed by atoms with Crippen LogP contribution in [0.1, 0.15) is 117 Å². The van der Waals surface area contributed by atoms with Gasteiger partial charge in [0.1, 0.15) is 0 Å². The number of hydrogen-bond donors (Lipinski definition) is 1. The van der Waals surface area contributed by atoms with Crippen LogP contribution in [0.25, 0.3) is 0 Å². The standard InChI is InChI=1S/C18H24.C11H23NO/c1-18-11-4-7-17(18)16-9-8-13-5-2-3-6-14(13)15(16)10-12-18;1-2-3-4-5-6-7-8-9-10-11(12)13/h4,7,9,11,13-15H,2-3,5-6,8,10,12H2,1H3;2-10H2,1H3,(H2,12,13)/t13?,14-,15+,18-;/m0./s1. The number of hydrogen-bond acceptors (Lipinski definition) is 1. The molecule has 1 amide bonds. The van der Waals surface area contributed by atoms with Crippen LogP contribution in [0.3, 0.4) is 0 Å². The third kappa shape index (κ3) is 6.59. The molecule has 0 radical (unpaired) electrons. The summed E-state index contributed by atoms with van der Waals surface area (Å²) >= 11 is 0. The van der Waals surface area contributed by atoms with Gasteiger partial charge in [-0.15, -0.1) is 0 Å². The average molecular weight is 426 g/mol. The van der Waals surface area contributed by atoms with Crippen LogP contribution < -0.4 is 5.73 Å². The number of allylic oxidation sites excluding steroid dienone is 6. The maximum atomic E-state index is 10.4. The van der Waals surface area contributed by atoms with Crippen LogP contribution in [0.5, 0.6) is 0 Å². The molecule has 2 saturated carbocycles. The zero-order valence-corrected chi connectivity index (χ0v) is 20.3. The van der Waals surface area contributed by atoms with Crippen LogP contribution in [0.2, 0.25) is 0 Å². The molecule has 0 heterocycles. The highest BCUT2D eigenvalue weighted by atomic mass is 16.1. The lowest BCUT2D eigenvalue weighted by Gasteiger charge is -2.48. The summed E-state index contributed by atoms with van der Waals surface area (Å²) in [6.07, 6.45) is 30.6. The second-order valence-electron chi connectivity index (χ2n) is 10.8. The van der Waals surface area contributed by atoms with Crippen molar-refractivity contribution in [2.75, 3.05) is 0 Å². The molecule has 2 nitrogen and oxygen atoms in total. The third-order valence-electron chi connectivity index (χ3n) is 8.43. The van der Waals surface area contributed by atoms with Gasteiger partial charge in [-0.3, -0.25) is 4.79 Å². The van der Waals surface area contributed by atoms with Gasteiger partial charge in [-0.2, -0.15) is 0 Å². The number of primary amides is 1. The van der Waals surface area contributed by atoms with E-state index in [2.05, 4.69) is 38.2 Å². The SMILES string of the molecule is CCCCCCCCCCC(N)=O.C[C@@]12C=CC=C1C1=CCC3CCCC[C@@H]3[C@H]1CC2. The van der Waals surface area contributed by atoms with Crippen molar-refractivity contribution in [3.63, 3.8) is 0 Å². The fourth-order valence-corrected chi connectivity index (χ4v) is 6.57. The van der Waals surface area contributed by atoms with Gasteiger partial charge in [0, 0.05) is 11.8 Å². The minimum Gasteiger partial charge on any atom is -0.370 e. The number of nitrogens with two attached hydrogens (primary N) is 1. The lowest BCUT2D eigenvalue weighted by atomic mass is 9.57. The normalized spacial score (nSPS) is 30.8. The molecule has 4 aliphatic carbocycles. The number of fused-ring (bicyclic) bond motifs is 5. The van der Waals surface area contributed by atoms with Gasteiger partial charge < -0.3 is 5.73 Å². The Morgan fingerprint density at radius 3 is 2.48 bits per heavy atom. The van der Waals surface area contributed by atoms with Crippen molar-refractivity contribution in [3.8, 4) is 0 Å². The number of carbonyl (C=O) groups excluding carboxylic acids is 1. The summed E-state index contributed by atoms with van der Waals surface area (Å²) in [4.78, 5) is 10.4. The Labute approximate surface area is 191 Å². The first-order chi connectivity index (χ1) is 15.0. The molecular weight excluding hydrogens is 378 g/mol. The Morgan fingerprint density at radius 2 is 1.74 bits per heavy atom. The number of rotatable bonds is 9. The first kappa shape index (κ1) is 24.3. The predicted octanol–water partition coefficient (Wildman–Crippen LogP) is 8.04. The van der Waals surface area contributed by atoms with Crippen molar-refractivity contribution in [1.82, 2.24) is 0 Å². The fraction of sp³-hybridized carbons (Fsp3) is 0.759. The molecule has 2 fully saturated rings. The number of unbranched alkanes of at least 4 members (excludes halogenated alkanes) is 7. The van der Waals surface area contributed by atoms with Gasteiger partial charge in [-0.25, -0.2) is 0 Å². The quantitative estimate of drug-likeness (QED) is 0.373. The molecule has 0 saturated heterocycles. The van der Waals surface area contributed by atoms with E-state index in [1.165, 1.54) is 83.5 Å². The predicted molar refractivity (Wildman–Crippen MR) is 133 cm³/mol. The molecule has 0 aromatic heterocycles. The molecule has 0 aromatic rings. The van der Waals surface area contributed by atoms with Crippen LogP contribution in [-0.4, -0.2) is 5.91 Å². The molecule has 0 aromatic carbocycles. The average Bonchev–Trinajstić information content (AvgIpc) is 3.17. The molecule has 0 spiro atoms. The van der Waals surface area contributed by atoms with Gasteiger partial charge in [-0.05, 0) is 67.4 Å². The zero-order chi connectivity index (χ0) is 22.1. The first-order valence-electron chi connectivity index (χ1n) is 13.4. The molecule has 4 atom stereocenters. The molecule has 2 N–H and O–H groups in total. The molecule has 4 rings (SSSR count). The van der Waals surface area contributed by atoms with Crippen LogP contribution in [0.15, 0.2) is 35.5 Å². The Hall–Kier alpha value is -1.31. The van der Waals surface area contributed by atoms with Crippen molar-refractivity contribution in [2.24, 2.45) is 28.9 Å². The molecule has 4 aliphatic rings. The van der Waals surface area contributed by atoms with E-state index >= 15 is 0 Å². The van der Waals surface area contributed by atoms with E-state index in [0.29, 0.717) is 11.8 Å². The highest BCUT2D eigenvalue weighted by molar-refractivity contribution is 5.73. The molecular formula is C29H47NO. The fourth-order valence-electron chi connectivity index (χ4n) is 6.57. The van der Waals surface area contributed by atoms with Gasteiger partial charge in [0.2, 0.25) is 5.91 Å². The zero-order valence-electron chi connectivity index (χ0n) is 20.3. The van der Waals surface area contributed by atoms with E-state index in [1.54, 1.807) is 11.1 Å². The van der Waals surface area contributed by atoms with E-state index in [1.807, 2.05) is 0 Å². The van der Waals surface area contributed by atoms with E-state index in [4.69, 9.17) is 5.73 Å². The number of amides is 1. The highest BCUT2D eigenvalue weighted by Gasteiger charge is 2.44. The third-order valence-corrected chi connectivity index (χ3v) is 8.43. The van der Waals surface area contributed by atoms with Crippen molar-refractivity contribution >= 4 is 5.91 Å². The summed E-state index contributed by atoms with van der Waals surface area (Å²) in [5.41, 5.74) is 8.83. The van der Waals surface area contributed by atoms with Gasteiger partial charge in [0.25, 0.3) is 0 Å². The van der Waals surface area contributed by atoms with Crippen molar-refractivity contribution < 1.29 is 4.79 Å². The van der Waals surface area contributed by atoms with E-state index in [9.17, 15) is 4.79 Å². The summed E-state index contributed by atoms with van der Waals surface area (Å²) in [6, 6.07) is 0. The highest BCUT2D eigenvalue weighted by Crippen LogP contribution is 2.56. The lowest BCUT2D eigenvalue weighted by molar-refractivity contribution is -0.118. The molecule has 0 bridgehead atoms. The summed E-state index contributed by atoms with van der Waals surface area (Å²) in [7, 11) is 0. The second-order valence-corrected chi connectivity index (χ2v) is 10.8. The van der Waals surface area contributed by atoms with Crippen molar-refractivity contribution in [1.29, 1.82) is 0 Å². The van der Waals surface area contributed by atoms with Crippen LogP contribution >= 0.6 is 0 Å². The smallest absolute Gasteiger partial charge is 0.217 e. The Kier molecular flexibility index (Phi) is 9.48. The topological polar surface area (TPSA) is 43.1 Å². The monoisotopic (exact) mass is 425 g/mol. The van der Waals surface area contributed by atoms with Crippen LogP contribution in [0.4, 0.5) is 0 Å². The lowest BCUT2D eigenvalue weighted by Crippen LogP contribution is -2.37. The van der Waals surface area contributed by atoms with Gasteiger partial charge in [0.05, 0.1) is 0 Å². The first-order valence-corrected chi connectivity index (χ1v) is 13.4. The van der Waals surface area contributed by atoms with E-state index in [-0.39, 0.29) is 5.91 Å². The molecule has 2 heteroatoms. The van der Waals surface area contributed by atoms with Crippen molar-refractivity contribution in [2.45, 2.75) is 117 Å². The summed E-state index contributed by atoms with van der Waals surface area (Å²) in [6.45, 7) is 4.67. The van der Waals surface area contributed by atoms with E-state index in [0.717, 1.165) is 30.6 Å². The molecule has 31 heavy (non-hydrogen) atoms. The molecule has 174 valence electrons. The van der Waals surface area contributed by atoms with Gasteiger partial charge >= 0.3 is 0 Å². The summed E-state index contributed by atoms with van der Waals surface area (Å²) < 4.78 is 0. The Bertz CT molecular complexity index is 672. The number of carbonyl (C=O) groups is 1. The molecule has 1 unspecified atom stereocenters. The maximum absolute atomic E-state index is 10.4.